The SMILES string of the molecule is N#Cc1ccc(-c2nnn(-c3cccnc3)n2)s1. The maximum Gasteiger partial charge on any atom is 0.215 e. The van der Waals surface area contributed by atoms with Crippen LogP contribution >= 0.6 is 11.3 Å². The predicted octanol–water partition coefficient (Wildman–Crippen LogP) is 1.66. The van der Waals surface area contributed by atoms with Gasteiger partial charge in [-0.3, -0.25) is 4.98 Å². The highest BCUT2D eigenvalue weighted by Crippen LogP contribution is 2.24. The normalized spacial score (nSPS) is 10.2. The second kappa shape index (κ2) is 4.35. The molecule has 0 saturated heterocycles. The standard InChI is InChI=1S/C11H6N6S/c12-6-9-3-4-10(18-9)11-14-16-17(15-11)8-2-1-5-13-7-8/h1-5,7H. The second-order valence-electron chi connectivity index (χ2n) is 3.39. The summed E-state index contributed by atoms with van der Waals surface area (Å²) in [7, 11) is 0. The maximum atomic E-state index is 8.77. The van der Waals surface area contributed by atoms with Crippen molar-refractivity contribution in [3.8, 4) is 22.5 Å². The largest absolute Gasteiger partial charge is 0.262 e. The fourth-order valence-corrected chi connectivity index (χ4v) is 2.14. The summed E-state index contributed by atoms with van der Waals surface area (Å²) in [6, 6.07) is 9.28. The highest BCUT2D eigenvalue weighted by Gasteiger charge is 2.09. The van der Waals surface area contributed by atoms with E-state index in [1.54, 1.807) is 24.5 Å². The smallest absolute Gasteiger partial charge is 0.215 e. The molecule has 0 atom stereocenters. The third-order valence-corrected chi connectivity index (χ3v) is 3.21. The number of aromatic nitrogens is 5. The van der Waals surface area contributed by atoms with Crippen molar-refractivity contribution in [2.45, 2.75) is 0 Å². The Bertz CT molecular complexity index is 708. The topological polar surface area (TPSA) is 80.3 Å². The van der Waals surface area contributed by atoms with Gasteiger partial charge in [-0.05, 0) is 29.5 Å². The molecule has 3 heterocycles. The number of tetrazole rings is 1. The maximum absolute atomic E-state index is 8.77. The Hall–Kier alpha value is -2.59. The average Bonchev–Trinajstić information content (AvgIpc) is 3.08. The van der Waals surface area contributed by atoms with Crippen LogP contribution in [-0.4, -0.2) is 25.2 Å². The lowest BCUT2D eigenvalue weighted by atomic mass is 10.4. The van der Waals surface area contributed by atoms with Crippen LogP contribution in [0.4, 0.5) is 0 Å². The molecule has 7 heteroatoms. The van der Waals surface area contributed by atoms with Crippen molar-refractivity contribution in [2.75, 3.05) is 0 Å². The summed E-state index contributed by atoms with van der Waals surface area (Å²) in [5.74, 6) is 0.505. The zero-order valence-electron chi connectivity index (χ0n) is 9.06. The number of nitrogens with zero attached hydrogens (tertiary/aromatic N) is 6. The number of hydrogen-bond acceptors (Lipinski definition) is 6. The predicted molar refractivity (Wildman–Crippen MR) is 65.0 cm³/mol. The van der Waals surface area contributed by atoms with Crippen LogP contribution in [0.2, 0.25) is 0 Å². The molecule has 0 unspecified atom stereocenters. The van der Waals surface area contributed by atoms with E-state index in [9.17, 15) is 0 Å². The van der Waals surface area contributed by atoms with E-state index in [1.807, 2.05) is 12.1 Å². The summed E-state index contributed by atoms with van der Waals surface area (Å²) >= 11 is 1.34. The minimum atomic E-state index is 0.505. The number of pyridine rings is 1. The van der Waals surface area contributed by atoms with Gasteiger partial charge in [0.05, 0.1) is 11.1 Å². The van der Waals surface area contributed by atoms with Gasteiger partial charge in [-0.1, -0.05) is 0 Å². The third-order valence-electron chi connectivity index (χ3n) is 2.23. The molecule has 0 radical (unpaired) electrons. The Morgan fingerprint density at radius 1 is 1.28 bits per heavy atom. The highest BCUT2D eigenvalue weighted by atomic mass is 32.1. The fourth-order valence-electron chi connectivity index (χ4n) is 1.41. The summed E-state index contributed by atoms with van der Waals surface area (Å²) in [4.78, 5) is 6.85. The van der Waals surface area contributed by atoms with Crippen molar-refractivity contribution in [3.63, 3.8) is 0 Å². The van der Waals surface area contributed by atoms with Crippen molar-refractivity contribution in [1.29, 1.82) is 5.26 Å². The average molecular weight is 254 g/mol. The molecular weight excluding hydrogens is 248 g/mol. The third kappa shape index (κ3) is 1.85. The summed E-state index contributed by atoms with van der Waals surface area (Å²) in [5, 5.41) is 20.9. The molecule has 86 valence electrons. The van der Waals surface area contributed by atoms with Crippen LogP contribution < -0.4 is 0 Å². The van der Waals surface area contributed by atoms with Gasteiger partial charge in [-0.15, -0.1) is 26.3 Å². The van der Waals surface area contributed by atoms with Crippen LogP contribution in [0, 0.1) is 11.3 Å². The first-order chi connectivity index (χ1) is 8.86. The van der Waals surface area contributed by atoms with Crippen LogP contribution in [0.25, 0.3) is 16.4 Å². The Balaban J connectivity index is 1.97. The molecule has 0 amide bonds. The van der Waals surface area contributed by atoms with Gasteiger partial charge in [0.25, 0.3) is 0 Å². The zero-order chi connectivity index (χ0) is 12.4. The molecule has 0 aliphatic rings. The zero-order valence-corrected chi connectivity index (χ0v) is 9.87. The van der Waals surface area contributed by atoms with Gasteiger partial charge >= 0.3 is 0 Å². The van der Waals surface area contributed by atoms with Crippen molar-refractivity contribution < 1.29 is 0 Å². The molecular formula is C11H6N6S. The van der Waals surface area contributed by atoms with Gasteiger partial charge in [0.1, 0.15) is 16.6 Å². The van der Waals surface area contributed by atoms with E-state index in [0.717, 1.165) is 10.6 Å². The number of rotatable bonds is 2. The molecule has 0 fully saturated rings. The van der Waals surface area contributed by atoms with Gasteiger partial charge < -0.3 is 0 Å². The molecule has 3 aromatic rings. The first-order valence-electron chi connectivity index (χ1n) is 5.07. The Morgan fingerprint density at radius 2 is 2.22 bits per heavy atom. The van der Waals surface area contributed by atoms with Crippen molar-refractivity contribution in [2.24, 2.45) is 0 Å². The van der Waals surface area contributed by atoms with E-state index >= 15 is 0 Å². The van der Waals surface area contributed by atoms with Crippen molar-refractivity contribution in [1.82, 2.24) is 25.2 Å². The molecule has 0 bridgehead atoms. The molecule has 0 saturated carbocycles. The number of nitriles is 1. The minimum absolute atomic E-state index is 0.505. The molecule has 0 spiro atoms. The molecule has 0 N–H and O–H groups in total. The van der Waals surface area contributed by atoms with Crippen LogP contribution in [0.5, 0.6) is 0 Å². The lowest BCUT2D eigenvalue weighted by molar-refractivity contribution is 0.717. The molecule has 3 aromatic heterocycles. The monoisotopic (exact) mass is 254 g/mol. The Kier molecular flexibility index (Phi) is 2.55. The van der Waals surface area contributed by atoms with Gasteiger partial charge in [-0.2, -0.15) is 5.26 Å². The summed E-state index contributed by atoms with van der Waals surface area (Å²) in [6.07, 6.45) is 3.33. The van der Waals surface area contributed by atoms with Crippen molar-refractivity contribution in [3.05, 3.63) is 41.5 Å². The molecule has 0 aliphatic heterocycles. The lowest BCUT2D eigenvalue weighted by Crippen LogP contribution is -1.98. The van der Waals surface area contributed by atoms with Crippen LogP contribution in [-0.2, 0) is 0 Å². The van der Waals surface area contributed by atoms with E-state index in [1.165, 1.54) is 16.1 Å². The summed E-state index contributed by atoms with van der Waals surface area (Å²) in [6.45, 7) is 0. The summed E-state index contributed by atoms with van der Waals surface area (Å²) < 4.78 is 0. The van der Waals surface area contributed by atoms with E-state index < -0.39 is 0 Å². The Morgan fingerprint density at radius 3 is 2.94 bits per heavy atom. The van der Waals surface area contributed by atoms with Gasteiger partial charge in [-0.25, -0.2) is 0 Å². The van der Waals surface area contributed by atoms with Crippen molar-refractivity contribution >= 4 is 11.3 Å². The van der Waals surface area contributed by atoms with Gasteiger partial charge in [0, 0.05) is 6.20 Å². The molecule has 3 rings (SSSR count). The Labute approximate surface area is 106 Å². The lowest BCUT2D eigenvalue weighted by Gasteiger charge is -1.94. The summed E-state index contributed by atoms with van der Waals surface area (Å²) in [5.41, 5.74) is 0.744. The second-order valence-corrected chi connectivity index (χ2v) is 4.47. The van der Waals surface area contributed by atoms with Crippen LogP contribution in [0.1, 0.15) is 4.88 Å². The number of hydrogen-bond donors (Lipinski definition) is 0. The molecule has 0 aromatic carbocycles. The van der Waals surface area contributed by atoms with E-state index in [2.05, 4.69) is 26.5 Å². The van der Waals surface area contributed by atoms with Gasteiger partial charge in [0.2, 0.25) is 5.82 Å². The molecule has 0 aliphatic carbocycles. The molecule has 6 nitrogen and oxygen atoms in total. The first-order valence-corrected chi connectivity index (χ1v) is 5.89. The first kappa shape index (κ1) is 10.6. The highest BCUT2D eigenvalue weighted by molar-refractivity contribution is 7.15. The van der Waals surface area contributed by atoms with Crippen LogP contribution in [0.3, 0.4) is 0 Å². The number of thiophene rings is 1. The van der Waals surface area contributed by atoms with E-state index in [4.69, 9.17) is 5.26 Å². The quantitative estimate of drug-likeness (QED) is 0.694. The fraction of sp³-hybridized carbons (Fsp3) is 0. The molecule has 18 heavy (non-hydrogen) atoms. The van der Waals surface area contributed by atoms with Gasteiger partial charge in [0.15, 0.2) is 0 Å². The van der Waals surface area contributed by atoms with E-state index in [-0.39, 0.29) is 0 Å². The van der Waals surface area contributed by atoms with Crippen LogP contribution in [0.15, 0.2) is 36.7 Å². The van der Waals surface area contributed by atoms with E-state index in [0.29, 0.717) is 10.7 Å². The minimum Gasteiger partial charge on any atom is -0.262 e.